The standard InChI is InChI=1S/C15H22BrNO2/c1-3-13(18)8-9-17-15(19)7-5-12-4-6-14(16)11(2)10-12/h4,6,10,13,18H,3,5,7-9H2,1-2H3,(H,17,19). The summed E-state index contributed by atoms with van der Waals surface area (Å²) in [5.41, 5.74) is 2.36. The summed E-state index contributed by atoms with van der Waals surface area (Å²) in [5, 5.41) is 12.2. The molecule has 1 rings (SSSR count). The number of rotatable bonds is 7. The molecule has 0 saturated heterocycles. The molecule has 106 valence electrons. The van der Waals surface area contributed by atoms with Gasteiger partial charge in [-0.15, -0.1) is 0 Å². The normalized spacial score (nSPS) is 12.2. The summed E-state index contributed by atoms with van der Waals surface area (Å²) in [5.74, 6) is 0.0453. The second kappa shape index (κ2) is 8.33. The van der Waals surface area contributed by atoms with Gasteiger partial charge in [-0.25, -0.2) is 0 Å². The summed E-state index contributed by atoms with van der Waals surface area (Å²) in [6, 6.07) is 6.14. The Hall–Kier alpha value is -0.870. The largest absolute Gasteiger partial charge is 0.393 e. The van der Waals surface area contributed by atoms with E-state index in [1.165, 1.54) is 11.1 Å². The van der Waals surface area contributed by atoms with Crippen molar-refractivity contribution < 1.29 is 9.90 Å². The molecule has 0 radical (unpaired) electrons. The van der Waals surface area contributed by atoms with Crippen LogP contribution >= 0.6 is 15.9 Å². The van der Waals surface area contributed by atoms with Crippen molar-refractivity contribution in [2.75, 3.05) is 6.54 Å². The van der Waals surface area contributed by atoms with Crippen molar-refractivity contribution in [1.29, 1.82) is 0 Å². The van der Waals surface area contributed by atoms with E-state index in [4.69, 9.17) is 0 Å². The first-order chi connectivity index (χ1) is 9.02. The van der Waals surface area contributed by atoms with Gasteiger partial charge in [-0.1, -0.05) is 35.0 Å². The van der Waals surface area contributed by atoms with Crippen LogP contribution in [0.25, 0.3) is 0 Å². The fourth-order valence-electron chi connectivity index (χ4n) is 1.79. The fourth-order valence-corrected chi connectivity index (χ4v) is 2.04. The first-order valence-electron chi connectivity index (χ1n) is 6.72. The van der Waals surface area contributed by atoms with E-state index in [1.807, 2.05) is 26.0 Å². The van der Waals surface area contributed by atoms with Crippen molar-refractivity contribution in [2.45, 2.75) is 45.6 Å². The summed E-state index contributed by atoms with van der Waals surface area (Å²) >= 11 is 3.46. The van der Waals surface area contributed by atoms with Gasteiger partial charge >= 0.3 is 0 Å². The van der Waals surface area contributed by atoms with Crippen LogP contribution in [0.2, 0.25) is 0 Å². The Balaban J connectivity index is 2.28. The predicted octanol–water partition coefficient (Wildman–Crippen LogP) is 2.97. The van der Waals surface area contributed by atoms with E-state index in [-0.39, 0.29) is 12.0 Å². The van der Waals surface area contributed by atoms with Gasteiger partial charge in [-0.3, -0.25) is 4.79 Å². The lowest BCUT2D eigenvalue weighted by atomic mass is 10.1. The molecule has 0 aliphatic heterocycles. The first kappa shape index (κ1) is 16.2. The van der Waals surface area contributed by atoms with Crippen LogP contribution in [0.15, 0.2) is 22.7 Å². The number of hydrogen-bond acceptors (Lipinski definition) is 2. The average Bonchev–Trinajstić information content (AvgIpc) is 2.40. The van der Waals surface area contributed by atoms with E-state index < -0.39 is 0 Å². The Bertz CT molecular complexity index is 421. The molecule has 1 aromatic rings. The number of aliphatic hydroxyl groups is 1. The zero-order valence-corrected chi connectivity index (χ0v) is 13.2. The third-order valence-electron chi connectivity index (χ3n) is 3.13. The van der Waals surface area contributed by atoms with E-state index in [2.05, 4.69) is 27.3 Å². The molecule has 0 aliphatic carbocycles. The van der Waals surface area contributed by atoms with Gasteiger partial charge in [0, 0.05) is 17.4 Å². The van der Waals surface area contributed by atoms with Crippen LogP contribution < -0.4 is 5.32 Å². The van der Waals surface area contributed by atoms with Crippen LogP contribution in [-0.4, -0.2) is 23.7 Å². The quantitative estimate of drug-likeness (QED) is 0.808. The van der Waals surface area contributed by atoms with Gasteiger partial charge < -0.3 is 10.4 Å². The summed E-state index contributed by atoms with van der Waals surface area (Å²) in [7, 11) is 0. The Morgan fingerprint density at radius 1 is 1.47 bits per heavy atom. The second-order valence-electron chi connectivity index (χ2n) is 4.78. The molecule has 1 unspecified atom stereocenters. The Kier molecular flexibility index (Phi) is 7.10. The molecule has 1 aromatic carbocycles. The first-order valence-corrected chi connectivity index (χ1v) is 7.52. The molecule has 0 heterocycles. The molecular formula is C15H22BrNO2. The number of nitrogens with one attached hydrogen (secondary N) is 1. The molecule has 0 spiro atoms. The van der Waals surface area contributed by atoms with Crippen LogP contribution in [-0.2, 0) is 11.2 Å². The number of carbonyl (C=O) groups excluding carboxylic acids is 1. The molecule has 0 aliphatic rings. The van der Waals surface area contributed by atoms with E-state index in [1.54, 1.807) is 0 Å². The molecule has 1 atom stereocenters. The van der Waals surface area contributed by atoms with Crippen LogP contribution in [0.1, 0.15) is 37.3 Å². The van der Waals surface area contributed by atoms with Gasteiger partial charge in [0.15, 0.2) is 0 Å². The number of aliphatic hydroxyl groups excluding tert-OH is 1. The average molecular weight is 328 g/mol. The molecule has 2 N–H and O–H groups in total. The number of aryl methyl sites for hydroxylation is 2. The van der Waals surface area contributed by atoms with Gasteiger partial charge in [0.25, 0.3) is 0 Å². The van der Waals surface area contributed by atoms with E-state index in [0.717, 1.165) is 17.3 Å². The highest BCUT2D eigenvalue weighted by Gasteiger charge is 2.05. The van der Waals surface area contributed by atoms with Crippen LogP contribution in [0, 0.1) is 6.92 Å². The van der Waals surface area contributed by atoms with Gasteiger partial charge in [0.1, 0.15) is 0 Å². The lowest BCUT2D eigenvalue weighted by molar-refractivity contribution is -0.121. The minimum atomic E-state index is -0.311. The van der Waals surface area contributed by atoms with Crippen molar-refractivity contribution in [1.82, 2.24) is 5.32 Å². The van der Waals surface area contributed by atoms with Gasteiger partial charge in [0.05, 0.1) is 6.10 Å². The summed E-state index contributed by atoms with van der Waals surface area (Å²) in [6.07, 6.45) is 2.28. The molecule has 1 amide bonds. The van der Waals surface area contributed by atoms with Crippen LogP contribution in [0.4, 0.5) is 0 Å². The zero-order chi connectivity index (χ0) is 14.3. The van der Waals surface area contributed by atoms with Gasteiger partial charge in [-0.2, -0.15) is 0 Å². The van der Waals surface area contributed by atoms with Crippen LogP contribution in [0.3, 0.4) is 0 Å². The lowest BCUT2D eigenvalue weighted by Crippen LogP contribution is -2.27. The SMILES string of the molecule is CCC(O)CCNC(=O)CCc1ccc(Br)c(C)c1. The number of benzene rings is 1. The smallest absolute Gasteiger partial charge is 0.220 e. The van der Waals surface area contributed by atoms with Crippen molar-refractivity contribution in [3.8, 4) is 0 Å². The Labute approximate surface area is 123 Å². The van der Waals surface area contributed by atoms with E-state index >= 15 is 0 Å². The molecule has 3 nitrogen and oxygen atoms in total. The maximum atomic E-state index is 11.6. The highest BCUT2D eigenvalue weighted by molar-refractivity contribution is 9.10. The highest BCUT2D eigenvalue weighted by Crippen LogP contribution is 2.17. The van der Waals surface area contributed by atoms with Gasteiger partial charge in [-0.05, 0) is 43.4 Å². The molecule has 0 fully saturated rings. The van der Waals surface area contributed by atoms with Crippen LogP contribution in [0.5, 0.6) is 0 Å². The summed E-state index contributed by atoms with van der Waals surface area (Å²) in [4.78, 5) is 11.6. The third-order valence-corrected chi connectivity index (χ3v) is 4.02. The number of carbonyl (C=O) groups is 1. The lowest BCUT2D eigenvalue weighted by Gasteiger charge is -2.09. The zero-order valence-electron chi connectivity index (χ0n) is 11.6. The van der Waals surface area contributed by atoms with E-state index in [0.29, 0.717) is 19.4 Å². The highest BCUT2D eigenvalue weighted by atomic mass is 79.9. The molecule has 0 aromatic heterocycles. The summed E-state index contributed by atoms with van der Waals surface area (Å²) in [6.45, 7) is 4.52. The molecule has 19 heavy (non-hydrogen) atoms. The third kappa shape index (κ3) is 6.21. The number of hydrogen-bond donors (Lipinski definition) is 2. The number of amides is 1. The second-order valence-corrected chi connectivity index (χ2v) is 5.64. The molecular weight excluding hydrogens is 306 g/mol. The van der Waals surface area contributed by atoms with Crippen molar-refractivity contribution in [3.63, 3.8) is 0 Å². The predicted molar refractivity (Wildman–Crippen MR) is 81.1 cm³/mol. The number of halogens is 1. The topological polar surface area (TPSA) is 49.3 Å². The molecule has 4 heteroatoms. The molecule has 0 bridgehead atoms. The maximum absolute atomic E-state index is 11.6. The monoisotopic (exact) mass is 327 g/mol. The Morgan fingerprint density at radius 2 is 2.21 bits per heavy atom. The minimum Gasteiger partial charge on any atom is -0.393 e. The van der Waals surface area contributed by atoms with E-state index in [9.17, 15) is 9.90 Å². The minimum absolute atomic E-state index is 0.0453. The van der Waals surface area contributed by atoms with Crippen molar-refractivity contribution in [2.24, 2.45) is 0 Å². The Morgan fingerprint density at radius 3 is 2.84 bits per heavy atom. The fraction of sp³-hybridized carbons (Fsp3) is 0.533. The van der Waals surface area contributed by atoms with Crippen molar-refractivity contribution >= 4 is 21.8 Å². The molecule has 0 saturated carbocycles. The summed E-state index contributed by atoms with van der Waals surface area (Å²) < 4.78 is 1.09. The maximum Gasteiger partial charge on any atom is 0.220 e. The van der Waals surface area contributed by atoms with Crippen molar-refractivity contribution in [3.05, 3.63) is 33.8 Å². The van der Waals surface area contributed by atoms with Gasteiger partial charge in [0.2, 0.25) is 5.91 Å².